The minimum atomic E-state index is 0.265. The average Bonchev–Trinajstić information content (AvgIpc) is 2.80. The lowest BCUT2D eigenvalue weighted by Crippen LogP contribution is -2.33. The Hall–Kier alpha value is 0.290. The molecule has 2 rings (SSSR count). The number of phenolic OH excluding ortho intramolecular Hbond substituents is 1. The van der Waals surface area contributed by atoms with Crippen LogP contribution < -0.4 is 5.32 Å². The second-order valence-electron chi connectivity index (χ2n) is 4.60. The van der Waals surface area contributed by atoms with Crippen LogP contribution in [-0.4, -0.2) is 22.7 Å². The SMILES string of the molecule is CSC1CCCC1NCc1cc(Br)c(O)c(Br)c1. The zero-order chi connectivity index (χ0) is 13.1. The first-order valence-electron chi connectivity index (χ1n) is 6.05. The summed E-state index contributed by atoms with van der Waals surface area (Å²) in [5, 5.41) is 14.0. The van der Waals surface area contributed by atoms with E-state index < -0.39 is 0 Å². The minimum absolute atomic E-state index is 0.265. The highest BCUT2D eigenvalue weighted by molar-refractivity contribution is 9.11. The van der Waals surface area contributed by atoms with Crippen molar-refractivity contribution in [3.8, 4) is 5.75 Å². The van der Waals surface area contributed by atoms with Gasteiger partial charge in [-0.15, -0.1) is 0 Å². The van der Waals surface area contributed by atoms with E-state index in [0.717, 1.165) is 20.7 Å². The van der Waals surface area contributed by atoms with E-state index in [1.165, 1.54) is 24.8 Å². The number of phenols is 1. The molecule has 0 radical (unpaired) electrons. The highest BCUT2D eigenvalue weighted by Crippen LogP contribution is 2.34. The zero-order valence-electron chi connectivity index (χ0n) is 10.2. The molecule has 0 aliphatic heterocycles. The molecule has 0 saturated heterocycles. The van der Waals surface area contributed by atoms with Gasteiger partial charge in [-0.2, -0.15) is 11.8 Å². The van der Waals surface area contributed by atoms with Crippen LogP contribution in [0.4, 0.5) is 0 Å². The summed E-state index contributed by atoms with van der Waals surface area (Å²) in [5.74, 6) is 0.265. The van der Waals surface area contributed by atoms with Crippen LogP contribution in [0, 0.1) is 0 Å². The van der Waals surface area contributed by atoms with Crippen LogP contribution in [-0.2, 0) is 6.54 Å². The third-order valence-corrected chi connectivity index (χ3v) is 5.78. The van der Waals surface area contributed by atoms with Crippen LogP contribution >= 0.6 is 43.6 Å². The van der Waals surface area contributed by atoms with E-state index in [9.17, 15) is 5.11 Å². The van der Waals surface area contributed by atoms with Gasteiger partial charge in [0.25, 0.3) is 0 Å². The molecule has 2 N–H and O–H groups in total. The van der Waals surface area contributed by atoms with Crippen molar-refractivity contribution in [1.82, 2.24) is 5.32 Å². The highest BCUT2D eigenvalue weighted by atomic mass is 79.9. The van der Waals surface area contributed by atoms with Crippen molar-refractivity contribution in [2.45, 2.75) is 37.1 Å². The number of aromatic hydroxyl groups is 1. The molecule has 1 aliphatic rings. The molecule has 1 aliphatic carbocycles. The molecule has 1 saturated carbocycles. The Balaban J connectivity index is 1.98. The molecule has 2 unspecified atom stereocenters. The monoisotopic (exact) mass is 393 g/mol. The number of rotatable bonds is 4. The van der Waals surface area contributed by atoms with E-state index in [2.05, 4.69) is 43.4 Å². The standard InChI is InChI=1S/C13H17Br2NOS/c1-18-12-4-2-3-11(12)16-7-8-5-9(14)13(17)10(15)6-8/h5-6,11-12,16-17H,2-4,7H2,1H3. The van der Waals surface area contributed by atoms with Crippen LogP contribution in [0.5, 0.6) is 5.75 Å². The van der Waals surface area contributed by atoms with Gasteiger partial charge >= 0.3 is 0 Å². The largest absolute Gasteiger partial charge is 0.506 e. The van der Waals surface area contributed by atoms with Gasteiger partial charge in [0.05, 0.1) is 8.95 Å². The number of hydrogen-bond donors (Lipinski definition) is 2. The van der Waals surface area contributed by atoms with Gasteiger partial charge < -0.3 is 10.4 Å². The summed E-state index contributed by atoms with van der Waals surface area (Å²) in [6.45, 7) is 0.846. The molecule has 1 aromatic rings. The van der Waals surface area contributed by atoms with E-state index in [-0.39, 0.29) is 5.75 Å². The van der Waals surface area contributed by atoms with Crippen molar-refractivity contribution >= 4 is 43.6 Å². The van der Waals surface area contributed by atoms with Crippen LogP contribution in [0.2, 0.25) is 0 Å². The molecule has 100 valence electrons. The third-order valence-electron chi connectivity index (χ3n) is 3.40. The Kier molecular flexibility index (Phi) is 5.42. The van der Waals surface area contributed by atoms with Crippen LogP contribution in [0.1, 0.15) is 24.8 Å². The third kappa shape index (κ3) is 3.44. The molecule has 1 aromatic carbocycles. The Labute approximate surface area is 129 Å². The lowest BCUT2D eigenvalue weighted by Gasteiger charge is -2.19. The normalized spacial score (nSPS) is 23.5. The maximum Gasteiger partial charge on any atom is 0.143 e. The van der Waals surface area contributed by atoms with E-state index in [0.29, 0.717) is 6.04 Å². The number of halogens is 2. The van der Waals surface area contributed by atoms with Crippen molar-refractivity contribution in [3.63, 3.8) is 0 Å². The van der Waals surface area contributed by atoms with E-state index in [1.54, 1.807) is 0 Å². The number of thioether (sulfide) groups is 1. The summed E-state index contributed by atoms with van der Waals surface area (Å²) in [5.41, 5.74) is 1.18. The second kappa shape index (κ2) is 6.64. The molecular formula is C13H17Br2NOS. The fourth-order valence-corrected chi connectivity index (χ4v) is 4.66. The summed E-state index contributed by atoms with van der Waals surface area (Å²) >= 11 is 8.69. The fourth-order valence-electron chi connectivity index (χ4n) is 2.41. The maximum atomic E-state index is 9.67. The van der Waals surface area contributed by atoms with Crippen LogP contribution in [0.15, 0.2) is 21.1 Å². The van der Waals surface area contributed by atoms with E-state index in [4.69, 9.17) is 0 Å². The molecule has 2 atom stereocenters. The molecule has 1 fully saturated rings. The van der Waals surface area contributed by atoms with Gasteiger partial charge in [0, 0.05) is 17.8 Å². The van der Waals surface area contributed by atoms with Gasteiger partial charge in [-0.1, -0.05) is 6.42 Å². The van der Waals surface area contributed by atoms with Crippen molar-refractivity contribution < 1.29 is 5.11 Å². The Morgan fingerprint density at radius 3 is 2.61 bits per heavy atom. The number of hydrogen-bond acceptors (Lipinski definition) is 3. The van der Waals surface area contributed by atoms with Crippen molar-refractivity contribution in [3.05, 3.63) is 26.6 Å². The topological polar surface area (TPSA) is 32.3 Å². The smallest absolute Gasteiger partial charge is 0.143 e. The second-order valence-corrected chi connectivity index (χ2v) is 7.39. The maximum absolute atomic E-state index is 9.67. The first kappa shape index (κ1) is 14.7. The van der Waals surface area contributed by atoms with E-state index in [1.807, 2.05) is 23.9 Å². The molecule has 5 heteroatoms. The first-order valence-corrected chi connectivity index (χ1v) is 8.92. The summed E-state index contributed by atoms with van der Waals surface area (Å²) < 4.78 is 1.48. The molecular weight excluding hydrogens is 378 g/mol. The molecule has 0 amide bonds. The van der Waals surface area contributed by atoms with Gasteiger partial charge in [-0.05, 0) is 68.7 Å². The van der Waals surface area contributed by atoms with Gasteiger partial charge in [0.1, 0.15) is 5.75 Å². The van der Waals surface area contributed by atoms with Crippen LogP contribution in [0.25, 0.3) is 0 Å². The summed E-state index contributed by atoms with van der Waals surface area (Å²) in [4.78, 5) is 0. The van der Waals surface area contributed by atoms with Gasteiger partial charge in [-0.3, -0.25) is 0 Å². The lowest BCUT2D eigenvalue weighted by molar-refractivity contribution is 0.467. The zero-order valence-corrected chi connectivity index (χ0v) is 14.2. The van der Waals surface area contributed by atoms with Gasteiger partial charge in [0.15, 0.2) is 0 Å². The highest BCUT2D eigenvalue weighted by Gasteiger charge is 2.25. The Bertz CT molecular complexity index is 404. The number of benzene rings is 1. The predicted octanol–water partition coefficient (Wildman–Crippen LogP) is 4.29. The Morgan fingerprint density at radius 2 is 2.00 bits per heavy atom. The molecule has 0 bridgehead atoms. The molecule has 0 aromatic heterocycles. The first-order chi connectivity index (χ1) is 8.61. The quantitative estimate of drug-likeness (QED) is 0.798. The summed E-state index contributed by atoms with van der Waals surface area (Å²) in [6, 6.07) is 4.55. The van der Waals surface area contributed by atoms with Crippen molar-refractivity contribution in [1.29, 1.82) is 0 Å². The van der Waals surface area contributed by atoms with Gasteiger partial charge in [0.2, 0.25) is 0 Å². The fraction of sp³-hybridized carbons (Fsp3) is 0.538. The average molecular weight is 395 g/mol. The van der Waals surface area contributed by atoms with E-state index >= 15 is 0 Å². The molecule has 0 heterocycles. The minimum Gasteiger partial charge on any atom is -0.506 e. The number of nitrogens with one attached hydrogen (secondary N) is 1. The summed E-state index contributed by atoms with van der Waals surface area (Å²) in [6.07, 6.45) is 6.11. The predicted molar refractivity (Wildman–Crippen MR) is 85.3 cm³/mol. The lowest BCUT2D eigenvalue weighted by atomic mass is 10.2. The summed E-state index contributed by atoms with van der Waals surface area (Å²) in [7, 11) is 0. The molecule has 0 spiro atoms. The van der Waals surface area contributed by atoms with Crippen LogP contribution in [0.3, 0.4) is 0 Å². The van der Waals surface area contributed by atoms with Crippen molar-refractivity contribution in [2.24, 2.45) is 0 Å². The van der Waals surface area contributed by atoms with Crippen molar-refractivity contribution in [2.75, 3.05) is 6.26 Å². The van der Waals surface area contributed by atoms with Gasteiger partial charge in [-0.25, -0.2) is 0 Å². The molecule has 2 nitrogen and oxygen atoms in total. The Morgan fingerprint density at radius 1 is 1.33 bits per heavy atom. The molecule has 18 heavy (non-hydrogen) atoms.